The van der Waals surface area contributed by atoms with Crippen LogP contribution in [0.3, 0.4) is 0 Å². The van der Waals surface area contributed by atoms with Crippen molar-refractivity contribution >= 4 is 17.6 Å². The highest BCUT2D eigenvalue weighted by Gasteiger charge is 2.29. The van der Waals surface area contributed by atoms with Crippen molar-refractivity contribution in [3.8, 4) is 5.75 Å². The number of carbonyl (C=O) groups excluding carboxylic acids is 1. The third-order valence-electron chi connectivity index (χ3n) is 3.11. The van der Waals surface area contributed by atoms with E-state index in [4.69, 9.17) is 25.5 Å². The van der Waals surface area contributed by atoms with Crippen LogP contribution in [0.25, 0.3) is 0 Å². The van der Waals surface area contributed by atoms with Gasteiger partial charge >= 0.3 is 5.97 Å². The van der Waals surface area contributed by atoms with Crippen molar-refractivity contribution in [2.75, 3.05) is 7.11 Å². The van der Waals surface area contributed by atoms with Gasteiger partial charge in [0.1, 0.15) is 11.3 Å². The van der Waals surface area contributed by atoms with E-state index in [0.717, 1.165) is 12.8 Å². The molecule has 0 aliphatic heterocycles. The lowest BCUT2D eigenvalue weighted by Crippen LogP contribution is -2.06. The minimum atomic E-state index is -0.495. The van der Waals surface area contributed by atoms with Gasteiger partial charge in [-0.2, -0.15) is 0 Å². The second-order valence-corrected chi connectivity index (χ2v) is 5.17. The molecule has 1 fully saturated rings. The predicted octanol–water partition coefficient (Wildman–Crippen LogP) is 2.97. The molecule has 0 bridgehead atoms. The number of rotatable bonds is 5. The lowest BCUT2D eigenvalue weighted by molar-refractivity contribution is 0.0595. The van der Waals surface area contributed by atoms with E-state index in [1.165, 1.54) is 7.11 Å². The second kappa shape index (κ2) is 5.73. The smallest absolute Gasteiger partial charge is 0.341 e. The number of ether oxygens (including phenoxy) is 2. The summed E-state index contributed by atoms with van der Waals surface area (Å²) in [5, 5.41) is 8.35. The van der Waals surface area contributed by atoms with Crippen LogP contribution < -0.4 is 4.74 Å². The molecule has 1 aromatic carbocycles. The molecule has 0 N–H and O–H groups in total. The van der Waals surface area contributed by atoms with Crippen molar-refractivity contribution in [2.45, 2.75) is 25.4 Å². The van der Waals surface area contributed by atoms with E-state index in [1.807, 2.05) is 0 Å². The van der Waals surface area contributed by atoms with Gasteiger partial charge in [-0.15, -0.1) is 10.2 Å². The second-order valence-electron chi connectivity index (χ2n) is 4.73. The number of carbonyl (C=O) groups is 1. The van der Waals surface area contributed by atoms with Crippen LogP contribution in [0.2, 0.25) is 5.02 Å². The summed E-state index contributed by atoms with van der Waals surface area (Å²) in [7, 11) is 1.31. The third-order valence-corrected chi connectivity index (χ3v) is 3.34. The van der Waals surface area contributed by atoms with Crippen molar-refractivity contribution in [1.29, 1.82) is 0 Å². The quantitative estimate of drug-likeness (QED) is 0.791. The van der Waals surface area contributed by atoms with Crippen molar-refractivity contribution in [2.24, 2.45) is 0 Å². The van der Waals surface area contributed by atoms with Crippen LogP contribution in [0.5, 0.6) is 5.75 Å². The highest BCUT2D eigenvalue weighted by Crippen LogP contribution is 2.39. The molecule has 7 heteroatoms. The number of aromatic nitrogens is 2. The monoisotopic (exact) mass is 308 g/mol. The lowest BCUT2D eigenvalue weighted by Gasteiger charge is -2.08. The lowest BCUT2D eigenvalue weighted by atomic mass is 10.2. The molecule has 0 radical (unpaired) electrons. The molecule has 1 heterocycles. The van der Waals surface area contributed by atoms with E-state index in [1.54, 1.807) is 18.2 Å². The van der Waals surface area contributed by atoms with Crippen molar-refractivity contribution in [3.63, 3.8) is 0 Å². The molecule has 0 atom stereocenters. The summed E-state index contributed by atoms with van der Waals surface area (Å²) in [5.74, 6) is 1.23. The van der Waals surface area contributed by atoms with Crippen LogP contribution >= 0.6 is 11.6 Å². The van der Waals surface area contributed by atoms with Crippen molar-refractivity contribution < 1.29 is 18.7 Å². The number of halogens is 1. The third kappa shape index (κ3) is 3.16. The van der Waals surface area contributed by atoms with E-state index in [2.05, 4.69) is 10.2 Å². The van der Waals surface area contributed by atoms with Crippen molar-refractivity contribution in [3.05, 3.63) is 40.6 Å². The molecule has 0 saturated heterocycles. The summed E-state index contributed by atoms with van der Waals surface area (Å²) in [6, 6.07) is 4.69. The van der Waals surface area contributed by atoms with Gasteiger partial charge in [0.2, 0.25) is 5.89 Å². The fourth-order valence-electron chi connectivity index (χ4n) is 1.85. The standard InChI is InChI=1S/C14H13ClN2O4/c1-19-14(18)10-5-4-9(15)6-11(10)20-7-12-16-17-13(21-12)8-2-3-8/h4-6,8H,2-3,7H2,1H3. The first kappa shape index (κ1) is 13.9. The van der Waals surface area contributed by atoms with E-state index in [9.17, 15) is 4.79 Å². The molecule has 2 aromatic rings. The van der Waals surface area contributed by atoms with Crippen molar-refractivity contribution in [1.82, 2.24) is 10.2 Å². The van der Waals surface area contributed by atoms with Gasteiger partial charge in [-0.25, -0.2) is 4.79 Å². The Kier molecular flexibility index (Phi) is 3.79. The Morgan fingerprint density at radius 3 is 2.95 bits per heavy atom. The van der Waals surface area contributed by atoms with Crippen LogP contribution in [0.1, 0.15) is 40.9 Å². The number of methoxy groups -OCH3 is 1. The highest BCUT2D eigenvalue weighted by molar-refractivity contribution is 6.30. The van der Waals surface area contributed by atoms with Gasteiger partial charge in [-0.3, -0.25) is 0 Å². The van der Waals surface area contributed by atoms with Crippen LogP contribution in [0.4, 0.5) is 0 Å². The fraction of sp³-hybridized carbons (Fsp3) is 0.357. The van der Waals surface area contributed by atoms with Gasteiger partial charge in [0.25, 0.3) is 5.89 Å². The Balaban J connectivity index is 1.73. The SMILES string of the molecule is COC(=O)c1ccc(Cl)cc1OCc1nnc(C2CC2)o1. The maximum absolute atomic E-state index is 11.7. The normalized spacial score (nSPS) is 14.0. The summed E-state index contributed by atoms with van der Waals surface area (Å²) >= 11 is 5.92. The minimum absolute atomic E-state index is 0.0735. The molecule has 1 aliphatic carbocycles. The average molecular weight is 309 g/mol. The maximum atomic E-state index is 11.7. The summed E-state index contributed by atoms with van der Waals surface area (Å²) in [4.78, 5) is 11.7. The topological polar surface area (TPSA) is 74.5 Å². The Hall–Kier alpha value is -2.08. The first-order chi connectivity index (χ1) is 10.2. The summed E-state index contributed by atoms with van der Waals surface area (Å²) in [6.07, 6.45) is 2.17. The number of esters is 1. The molecule has 0 unspecified atom stereocenters. The molecule has 1 saturated carbocycles. The summed E-state index contributed by atoms with van der Waals surface area (Å²) < 4.78 is 15.7. The molecule has 0 spiro atoms. The first-order valence-electron chi connectivity index (χ1n) is 6.50. The van der Waals surface area contributed by atoms with Crippen LogP contribution in [0.15, 0.2) is 22.6 Å². The molecule has 21 heavy (non-hydrogen) atoms. The van der Waals surface area contributed by atoms with Gasteiger partial charge in [0.05, 0.1) is 7.11 Å². The predicted molar refractivity (Wildman–Crippen MR) is 73.4 cm³/mol. The molecule has 1 aliphatic rings. The highest BCUT2D eigenvalue weighted by atomic mass is 35.5. The maximum Gasteiger partial charge on any atom is 0.341 e. The van der Waals surface area contributed by atoms with Gasteiger partial charge < -0.3 is 13.9 Å². The van der Waals surface area contributed by atoms with E-state index >= 15 is 0 Å². The molecule has 6 nitrogen and oxygen atoms in total. The number of hydrogen-bond donors (Lipinski definition) is 0. The Labute approximate surface area is 126 Å². The number of nitrogens with zero attached hydrogens (tertiary/aromatic N) is 2. The van der Waals surface area contributed by atoms with E-state index in [-0.39, 0.29) is 6.61 Å². The van der Waals surface area contributed by atoms with Gasteiger partial charge in [0, 0.05) is 10.9 Å². The molecule has 3 rings (SSSR count). The Morgan fingerprint density at radius 1 is 1.43 bits per heavy atom. The average Bonchev–Trinajstić information content (AvgIpc) is 3.23. The minimum Gasteiger partial charge on any atom is -0.483 e. The molecular weight excluding hydrogens is 296 g/mol. The Morgan fingerprint density at radius 2 is 2.24 bits per heavy atom. The number of benzene rings is 1. The number of hydrogen-bond acceptors (Lipinski definition) is 6. The Bertz CT molecular complexity index is 667. The molecular formula is C14H13ClN2O4. The fourth-order valence-corrected chi connectivity index (χ4v) is 2.02. The zero-order valence-corrected chi connectivity index (χ0v) is 12.1. The van der Waals surface area contributed by atoms with Gasteiger partial charge in [-0.05, 0) is 31.0 Å². The zero-order chi connectivity index (χ0) is 14.8. The molecule has 0 amide bonds. The van der Waals surface area contributed by atoms with Crippen LogP contribution in [-0.4, -0.2) is 23.3 Å². The molecule has 110 valence electrons. The largest absolute Gasteiger partial charge is 0.483 e. The van der Waals surface area contributed by atoms with E-state index in [0.29, 0.717) is 34.0 Å². The zero-order valence-electron chi connectivity index (χ0n) is 11.3. The summed E-state index contributed by atoms with van der Waals surface area (Å²) in [6.45, 7) is 0.0735. The van der Waals surface area contributed by atoms with Crippen LogP contribution in [-0.2, 0) is 11.3 Å². The van der Waals surface area contributed by atoms with Gasteiger partial charge in [0.15, 0.2) is 6.61 Å². The van der Waals surface area contributed by atoms with Gasteiger partial charge in [-0.1, -0.05) is 11.6 Å². The van der Waals surface area contributed by atoms with Crippen LogP contribution in [0, 0.1) is 0 Å². The van der Waals surface area contributed by atoms with E-state index < -0.39 is 5.97 Å². The molecule has 1 aromatic heterocycles. The first-order valence-corrected chi connectivity index (χ1v) is 6.88. The summed E-state index contributed by atoms with van der Waals surface area (Å²) in [5.41, 5.74) is 0.295.